The van der Waals surface area contributed by atoms with Gasteiger partial charge in [0.2, 0.25) is 5.91 Å². The molecule has 0 aliphatic heterocycles. The van der Waals surface area contributed by atoms with Crippen LogP contribution in [0.4, 0.5) is 5.69 Å². The molecule has 0 aliphatic rings. The second kappa shape index (κ2) is 6.32. The summed E-state index contributed by atoms with van der Waals surface area (Å²) in [6.07, 6.45) is 0. The van der Waals surface area contributed by atoms with Gasteiger partial charge in [0.25, 0.3) is 0 Å². The van der Waals surface area contributed by atoms with E-state index in [0.29, 0.717) is 5.69 Å². The number of nitrogens with two attached hydrogens (primary N) is 1. The highest BCUT2D eigenvalue weighted by molar-refractivity contribution is 9.11. The molecule has 0 radical (unpaired) electrons. The molecule has 1 unspecified atom stereocenters. The largest absolute Gasteiger partial charge is 0.323 e. The highest BCUT2D eigenvalue weighted by atomic mass is 79.9. The minimum Gasteiger partial charge on any atom is -0.323 e. The molecule has 0 saturated carbocycles. The van der Waals surface area contributed by atoms with Gasteiger partial charge < -0.3 is 11.1 Å². The van der Waals surface area contributed by atoms with Crippen LogP contribution in [0.2, 0.25) is 0 Å². The Morgan fingerprint density at radius 2 is 1.79 bits per heavy atom. The first-order chi connectivity index (χ1) is 9.08. The van der Waals surface area contributed by atoms with Gasteiger partial charge in [-0.05, 0) is 39.7 Å². The maximum absolute atomic E-state index is 12.1. The van der Waals surface area contributed by atoms with E-state index < -0.39 is 6.04 Å². The van der Waals surface area contributed by atoms with Gasteiger partial charge >= 0.3 is 0 Å². The molecule has 0 spiro atoms. The molecule has 0 aromatic heterocycles. The van der Waals surface area contributed by atoms with Crippen molar-refractivity contribution in [3.63, 3.8) is 0 Å². The zero-order valence-electron chi connectivity index (χ0n) is 9.94. The van der Waals surface area contributed by atoms with Crippen LogP contribution in [0, 0.1) is 0 Å². The van der Waals surface area contributed by atoms with Crippen molar-refractivity contribution < 1.29 is 4.79 Å². The zero-order valence-corrected chi connectivity index (χ0v) is 13.1. The molecule has 19 heavy (non-hydrogen) atoms. The van der Waals surface area contributed by atoms with Gasteiger partial charge in [-0.3, -0.25) is 4.79 Å². The van der Waals surface area contributed by atoms with Gasteiger partial charge in [-0.1, -0.05) is 46.3 Å². The van der Waals surface area contributed by atoms with Crippen molar-refractivity contribution in [3.8, 4) is 0 Å². The number of hydrogen-bond donors (Lipinski definition) is 2. The molecular formula is C14H12Br2N2O. The molecule has 2 aromatic carbocycles. The molecule has 0 heterocycles. The summed E-state index contributed by atoms with van der Waals surface area (Å²) in [7, 11) is 0. The lowest BCUT2D eigenvalue weighted by Crippen LogP contribution is -2.27. The Kier molecular flexibility index (Phi) is 4.74. The van der Waals surface area contributed by atoms with Gasteiger partial charge in [0, 0.05) is 8.95 Å². The number of carbonyl (C=O) groups is 1. The van der Waals surface area contributed by atoms with E-state index in [1.807, 2.05) is 48.5 Å². The number of benzene rings is 2. The van der Waals surface area contributed by atoms with E-state index in [0.717, 1.165) is 14.5 Å². The first-order valence-electron chi connectivity index (χ1n) is 5.64. The van der Waals surface area contributed by atoms with Crippen molar-refractivity contribution in [3.05, 3.63) is 63.0 Å². The van der Waals surface area contributed by atoms with Gasteiger partial charge in [-0.25, -0.2) is 0 Å². The molecule has 98 valence electrons. The molecular weight excluding hydrogens is 372 g/mol. The highest BCUT2D eigenvalue weighted by Gasteiger charge is 2.16. The second-order valence-electron chi connectivity index (χ2n) is 4.00. The van der Waals surface area contributed by atoms with Crippen LogP contribution in [0.1, 0.15) is 11.6 Å². The molecule has 2 rings (SSSR count). The van der Waals surface area contributed by atoms with Gasteiger partial charge in [0.1, 0.15) is 6.04 Å². The first-order valence-corrected chi connectivity index (χ1v) is 7.23. The Balaban J connectivity index is 2.15. The third kappa shape index (κ3) is 3.65. The lowest BCUT2D eigenvalue weighted by atomic mass is 10.1. The molecule has 0 fully saturated rings. The minimum absolute atomic E-state index is 0.245. The quantitative estimate of drug-likeness (QED) is 0.845. The summed E-state index contributed by atoms with van der Waals surface area (Å²) in [5.74, 6) is -0.245. The third-order valence-electron chi connectivity index (χ3n) is 2.63. The normalized spacial score (nSPS) is 11.9. The van der Waals surface area contributed by atoms with Crippen molar-refractivity contribution in [2.75, 3.05) is 5.32 Å². The SMILES string of the molecule is NC(C(=O)Nc1cc(Br)ccc1Br)c1ccccc1. The van der Waals surface area contributed by atoms with Gasteiger partial charge in [0.15, 0.2) is 0 Å². The smallest absolute Gasteiger partial charge is 0.245 e. The van der Waals surface area contributed by atoms with Crippen molar-refractivity contribution in [2.45, 2.75) is 6.04 Å². The van der Waals surface area contributed by atoms with Crippen LogP contribution in [0.5, 0.6) is 0 Å². The fourth-order valence-corrected chi connectivity index (χ4v) is 2.32. The fourth-order valence-electron chi connectivity index (χ4n) is 1.62. The molecule has 1 amide bonds. The van der Waals surface area contributed by atoms with E-state index in [9.17, 15) is 4.79 Å². The van der Waals surface area contributed by atoms with Crippen LogP contribution in [0.25, 0.3) is 0 Å². The first kappa shape index (κ1) is 14.2. The van der Waals surface area contributed by atoms with Crippen molar-refractivity contribution in [1.82, 2.24) is 0 Å². The molecule has 2 aromatic rings. The number of hydrogen-bond acceptors (Lipinski definition) is 2. The van der Waals surface area contributed by atoms with Crippen molar-refractivity contribution >= 4 is 43.5 Å². The lowest BCUT2D eigenvalue weighted by molar-refractivity contribution is -0.117. The minimum atomic E-state index is -0.688. The van der Waals surface area contributed by atoms with E-state index >= 15 is 0 Å². The molecule has 3 nitrogen and oxygen atoms in total. The summed E-state index contributed by atoms with van der Waals surface area (Å²) in [4.78, 5) is 12.1. The molecule has 5 heteroatoms. The summed E-state index contributed by atoms with van der Waals surface area (Å²) in [6, 6.07) is 14.1. The van der Waals surface area contributed by atoms with Crippen molar-refractivity contribution in [2.24, 2.45) is 5.73 Å². The summed E-state index contributed by atoms with van der Waals surface area (Å²) in [6.45, 7) is 0. The molecule has 0 aliphatic carbocycles. The van der Waals surface area contributed by atoms with Crippen LogP contribution in [-0.4, -0.2) is 5.91 Å². The van der Waals surface area contributed by atoms with Crippen LogP contribution in [0.3, 0.4) is 0 Å². The van der Waals surface area contributed by atoms with Crippen molar-refractivity contribution in [1.29, 1.82) is 0 Å². The number of halogens is 2. The number of carbonyl (C=O) groups excluding carboxylic acids is 1. The Morgan fingerprint density at radius 3 is 2.47 bits per heavy atom. The van der Waals surface area contributed by atoms with E-state index in [-0.39, 0.29) is 5.91 Å². The van der Waals surface area contributed by atoms with E-state index in [1.54, 1.807) is 0 Å². The lowest BCUT2D eigenvalue weighted by Gasteiger charge is -2.13. The summed E-state index contributed by atoms with van der Waals surface area (Å²) in [5.41, 5.74) is 7.40. The van der Waals surface area contributed by atoms with Crippen LogP contribution in [0.15, 0.2) is 57.5 Å². The summed E-state index contributed by atoms with van der Waals surface area (Å²) < 4.78 is 1.70. The zero-order chi connectivity index (χ0) is 13.8. The Labute approximate surface area is 128 Å². The average Bonchev–Trinajstić information content (AvgIpc) is 2.43. The predicted molar refractivity (Wildman–Crippen MR) is 83.8 cm³/mol. The maximum atomic E-state index is 12.1. The number of rotatable bonds is 3. The maximum Gasteiger partial charge on any atom is 0.245 e. The molecule has 3 N–H and O–H groups in total. The molecule has 1 atom stereocenters. The number of amides is 1. The Morgan fingerprint density at radius 1 is 1.11 bits per heavy atom. The third-order valence-corrected chi connectivity index (χ3v) is 3.81. The van der Waals surface area contributed by atoms with Crippen LogP contribution in [-0.2, 0) is 4.79 Å². The van der Waals surface area contributed by atoms with E-state index in [2.05, 4.69) is 37.2 Å². The average molecular weight is 384 g/mol. The van der Waals surface area contributed by atoms with Gasteiger partial charge in [0.05, 0.1) is 5.69 Å². The number of anilines is 1. The van der Waals surface area contributed by atoms with Gasteiger partial charge in [-0.2, -0.15) is 0 Å². The molecule has 0 saturated heterocycles. The fraction of sp³-hybridized carbons (Fsp3) is 0.0714. The van der Waals surface area contributed by atoms with E-state index in [1.165, 1.54) is 0 Å². The second-order valence-corrected chi connectivity index (χ2v) is 5.77. The monoisotopic (exact) mass is 382 g/mol. The highest BCUT2D eigenvalue weighted by Crippen LogP contribution is 2.27. The van der Waals surface area contributed by atoms with E-state index in [4.69, 9.17) is 5.73 Å². The predicted octanol–water partition coefficient (Wildman–Crippen LogP) is 3.85. The van der Waals surface area contributed by atoms with Crippen LogP contribution < -0.4 is 11.1 Å². The number of nitrogens with one attached hydrogen (secondary N) is 1. The topological polar surface area (TPSA) is 55.1 Å². The molecule has 0 bridgehead atoms. The van der Waals surface area contributed by atoms with Gasteiger partial charge in [-0.15, -0.1) is 0 Å². The van der Waals surface area contributed by atoms with Crippen LogP contribution >= 0.6 is 31.9 Å². The Bertz CT molecular complexity index is 587. The Hall–Kier alpha value is -1.17. The summed E-state index contributed by atoms with van der Waals surface area (Å²) >= 11 is 6.75. The standard InChI is InChI=1S/C14H12Br2N2O/c15-10-6-7-11(16)12(8-10)18-14(19)13(17)9-4-2-1-3-5-9/h1-8,13H,17H2,(H,18,19). The summed E-state index contributed by atoms with van der Waals surface area (Å²) in [5, 5.41) is 2.81.